The summed E-state index contributed by atoms with van der Waals surface area (Å²) in [6.45, 7) is 5.63. The Morgan fingerprint density at radius 3 is 2.72 bits per heavy atom. The smallest absolute Gasteiger partial charge is 0.218 e. The molecule has 0 spiro atoms. The van der Waals surface area contributed by atoms with E-state index in [1.165, 1.54) is 11.8 Å². The highest BCUT2D eigenvalue weighted by atomic mass is 32.2. The maximum absolute atomic E-state index is 10.6. The highest BCUT2D eigenvalue weighted by molar-refractivity contribution is 8.02. The van der Waals surface area contributed by atoms with Gasteiger partial charge in [-0.15, -0.1) is 5.10 Å². The summed E-state index contributed by atoms with van der Waals surface area (Å²) >= 11 is 1.34. The fraction of sp³-hybridized carbons (Fsp3) is 0.550. The van der Waals surface area contributed by atoms with Crippen LogP contribution in [0.25, 0.3) is 5.69 Å². The molecule has 2 N–H and O–H groups in total. The van der Waals surface area contributed by atoms with E-state index in [1.807, 2.05) is 48.7 Å². The molecule has 3 rings (SSSR count). The zero-order chi connectivity index (χ0) is 20.9. The Bertz CT molecular complexity index is 799. The second-order valence-corrected chi connectivity index (χ2v) is 8.29. The fourth-order valence-electron chi connectivity index (χ4n) is 3.19. The molecule has 2 aromatic rings. The van der Waals surface area contributed by atoms with Gasteiger partial charge in [0.1, 0.15) is 18.3 Å². The third-order valence-electron chi connectivity index (χ3n) is 4.63. The highest BCUT2D eigenvalue weighted by Gasteiger charge is 2.45. The van der Waals surface area contributed by atoms with Gasteiger partial charge in [-0.3, -0.25) is 0 Å². The van der Waals surface area contributed by atoms with E-state index in [2.05, 4.69) is 15.5 Å². The number of aliphatic hydroxyl groups is 2. The molecule has 1 fully saturated rings. The van der Waals surface area contributed by atoms with Crippen molar-refractivity contribution in [3.63, 3.8) is 0 Å². The molecule has 1 aromatic carbocycles. The molecule has 0 radical (unpaired) electrons. The van der Waals surface area contributed by atoms with E-state index in [0.717, 1.165) is 18.5 Å². The number of para-hydroxylation sites is 1. The standard InChI is InChI=1S/C20H28N4O4S/c1-4-5-11-15(25)17(26)18-16(27-20(2,3)28-18)12-13-29-19-21-22-23-24(19)14-9-7-6-8-10-14/h6-10,12-13,15-18,25-26H,4-5,11H2,1-3H3/b13-12+/t15-,16+,17+,18+/m1/s1. The first-order valence-corrected chi connectivity index (χ1v) is 10.7. The number of hydrogen-bond donors (Lipinski definition) is 2. The number of thioether (sulfide) groups is 1. The van der Waals surface area contributed by atoms with Crippen molar-refractivity contribution in [2.75, 3.05) is 0 Å². The monoisotopic (exact) mass is 420 g/mol. The number of rotatable bonds is 9. The summed E-state index contributed by atoms with van der Waals surface area (Å²) in [5.74, 6) is -0.846. The molecule has 4 atom stereocenters. The van der Waals surface area contributed by atoms with E-state index < -0.39 is 30.2 Å². The third-order valence-corrected chi connectivity index (χ3v) is 5.39. The zero-order valence-electron chi connectivity index (χ0n) is 16.9. The Kier molecular flexibility index (Phi) is 7.42. The van der Waals surface area contributed by atoms with Gasteiger partial charge in [-0.25, -0.2) is 0 Å². The van der Waals surface area contributed by atoms with Crippen molar-refractivity contribution >= 4 is 11.8 Å². The van der Waals surface area contributed by atoms with Gasteiger partial charge in [0.2, 0.25) is 5.16 Å². The van der Waals surface area contributed by atoms with Crippen LogP contribution in [-0.4, -0.2) is 60.6 Å². The van der Waals surface area contributed by atoms with Gasteiger partial charge in [0, 0.05) is 0 Å². The molecule has 0 unspecified atom stereocenters. The maximum Gasteiger partial charge on any atom is 0.218 e. The lowest BCUT2D eigenvalue weighted by Gasteiger charge is -2.25. The molecule has 0 bridgehead atoms. The molecule has 0 aliphatic carbocycles. The van der Waals surface area contributed by atoms with Gasteiger partial charge in [0.25, 0.3) is 0 Å². The Balaban J connectivity index is 1.68. The molecule has 0 saturated carbocycles. The maximum atomic E-state index is 10.6. The zero-order valence-corrected chi connectivity index (χ0v) is 17.7. The minimum absolute atomic E-state index is 0.496. The van der Waals surface area contributed by atoms with Gasteiger partial charge in [0.05, 0.1) is 11.8 Å². The largest absolute Gasteiger partial charge is 0.390 e. The van der Waals surface area contributed by atoms with Crippen LogP contribution in [-0.2, 0) is 9.47 Å². The lowest BCUT2D eigenvalue weighted by atomic mass is 9.99. The first-order valence-electron chi connectivity index (χ1n) is 9.80. The second-order valence-electron chi connectivity index (χ2n) is 7.42. The van der Waals surface area contributed by atoms with Crippen LogP contribution in [0.3, 0.4) is 0 Å². The van der Waals surface area contributed by atoms with Crippen LogP contribution in [0, 0.1) is 0 Å². The van der Waals surface area contributed by atoms with Crippen LogP contribution >= 0.6 is 11.8 Å². The van der Waals surface area contributed by atoms with Crippen LogP contribution in [0.15, 0.2) is 47.0 Å². The first-order chi connectivity index (χ1) is 13.9. The molecule has 1 aliphatic heterocycles. The van der Waals surface area contributed by atoms with E-state index in [1.54, 1.807) is 18.5 Å². The first kappa shape index (κ1) is 21.9. The molecule has 1 aromatic heterocycles. The van der Waals surface area contributed by atoms with E-state index in [0.29, 0.717) is 11.6 Å². The third kappa shape index (κ3) is 5.64. The van der Waals surface area contributed by atoms with Crippen molar-refractivity contribution in [3.8, 4) is 5.69 Å². The number of ether oxygens (including phenoxy) is 2. The SMILES string of the molecule is CCCC[C@@H](O)[C@H](O)[C@H]1OC(C)(C)O[C@H]1/C=C/Sc1nnnn1-c1ccccc1. The number of benzene rings is 1. The van der Waals surface area contributed by atoms with Gasteiger partial charge in [-0.2, -0.15) is 4.68 Å². The van der Waals surface area contributed by atoms with Gasteiger partial charge in [0.15, 0.2) is 5.79 Å². The van der Waals surface area contributed by atoms with Gasteiger partial charge < -0.3 is 19.7 Å². The van der Waals surface area contributed by atoms with Gasteiger partial charge >= 0.3 is 0 Å². The number of nitrogens with zero attached hydrogens (tertiary/aromatic N) is 4. The molecule has 29 heavy (non-hydrogen) atoms. The van der Waals surface area contributed by atoms with Gasteiger partial charge in [-0.05, 0) is 54.3 Å². The number of tetrazole rings is 1. The van der Waals surface area contributed by atoms with Crippen molar-refractivity contribution in [1.29, 1.82) is 0 Å². The predicted octanol–water partition coefficient (Wildman–Crippen LogP) is 2.70. The van der Waals surface area contributed by atoms with Crippen molar-refractivity contribution in [1.82, 2.24) is 20.2 Å². The molecular formula is C20H28N4O4S. The molecule has 1 saturated heterocycles. The average Bonchev–Trinajstić information content (AvgIpc) is 3.30. The Hall–Kier alpha value is -1.78. The average molecular weight is 421 g/mol. The van der Waals surface area contributed by atoms with Crippen LogP contribution in [0.2, 0.25) is 0 Å². The normalized spacial score (nSPS) is 23.5. The molecule has 0 amide bonds. The number of hydrogen-bond acceptors (Lipinski definition) is 8. The van der Waals surface area contributed by atoms with Crippen LogP contribution in [0.5, 0.6) is 0 Å². The number of aromatic nitrogens is 4. The van der Waals surface area contributed by atoms with E-state index in [9.17, 15) is 10.2 Å². The molecule has 1 aliphatic rings. The Morgan fingerprint density at radius 1 is 1.24 bits per heavy atom. The van der Waals surface area contributed by atoms with Crippen molar-refractivity contribution in [2.24, 2.45) is 0 Å². The van der Waals surface area contributed by atoms with Crippen molar-refractivity contribution < 1.29 is 19.7 Å². The second kappa shape index (κ2) is 9.82. The summed E-state index contributed by atoms with van der Waals surface area (Å²) < 4.78 is 13.4. The summed E-state index contributed by atoms with van der Waals surface area (Å²) in [6.07, 6.45) is 1.09. The topological polar surface area (TPSA) is 103 Å². The summed E-state index contributed by atoms with van der Waals surface area (Å²) in [4.78, 5) is 0. The van der Waals surface area contributed by atoms with Crippen LogP contribution < -0.4 is 0 Å². The van der Waals surface area contributed by atoms with Crippen LogP contribution in [0.4, 0.5) is 0 Å². The Labute approximate surface area is 174 Å². The number of unbranched alkanes of at least 4 members (excludes halogenated alkanes) is 1. The molecule has 8 nitrogen and oxygen atoms in total. The lowest BCUT2D eigenvalue weighted by molar-refractivity contribution is -0.161. The summed E-state index contributed by atoms with van der Waals surface area (Å²) in [7, 11) is 0. The summed E-state index contributed by atoms with van der Waals surface area (Å²) in [5.41, 5.74) is 0.863. The minimum Gasteiger partial charge on any atom is -0.390 e. The van der Waals surface area contributed by atoms with E-state index in [-0.39, 0.29) is 0 Å². The van der Waals surface area contributed by atoms with E-state index in [4.69, 9.17) is 9.47 Å². The Morgan fingerprint density at radius 2 is 2.00 bits per heavy atom. The molecule has 9 heteroatoms. The van der Waals surface area contributed by atoms with Crippen LogP contribution in [0.1, 0.15) is 40.0 Å². The van der Waals surface area contributed by atoms with E-state index >= 15 is 0 Å². The fourth-order valence-corrected chi connectivity index (χ4v) is 3.87. The highest BCUT2D eigenvalue weighted by Crippen LogP contribution is 2.33. The predicted molar refractivity (Wildman–Crippen MR) is 110 cm³/mol. The minimum atomic E-state index is -1.03. The molecule has 2 heterocycles. The van der Waals surface area contributed by atoms with Crippen molar-refractivity contribution in [2.45, 2.75) is 75.4 Å². The quantitative estimate of drug-likeness (QED) is 0.597. The number of aliphatic hydroxyl groups excluding tert-OH is 2. The summed E-state index contributed by atoms with van der Waals surface area (Å²) in [6, 6.07) is 9.61. The lowest BCUT2D eigenvalue weighted by Crippen LogP contribution is -2.42. The molecule has 158 valence electrons. The van der Waals surface area contributed by atoms with Crippen molar-refractivity contribution in [3.05, 3.63) is 41.8 Å². The molecular weight excluding hydrogens is 392 g/mol. The summed E-state index contributed by atoms with van der Waals surface area (Å²) in [5, 5.41) is 35.1. The van der Waals surface area contributed by atoms with Gasteiger partial charge in [-0.1, -0.05) is 49.7 Å².